The standard InChI is InChI=1S/C15H18N6/c1-11-6-15-18-8-12(10-21(15)19-11)7-17-13-9-16-5-4-14(13)20(2)3/h4-6,8-10,17H,7H2,1-3H3. The number of aryl methyl sites for hydroxylation is 1. The smallest absolute Gasteiger partial charge is 0.155 e. The minimum absolute atomic E-state index is 0.675. The summed E-state index contributed by atoms with van der Waals surface area (Å²) in [4.78, 5) is 10.6. The molecule has 0 aliphatic heterocycles. The van der Waals surface area contributed by atoms with Crippen LogP contribution in [-0.4, -0.2) is 33.7 Å². The van der Waals surface area contributed by atoms with Crippen molar-refractivity contribution in [2.24, 2.45) is 0 Å². The molecule has 0 aliphatic rings. The van der Waals surface area contributed by atoms with Gasteiger partial charge < -0.3 is 10.2 Å². The number of nitrogens with zero attached hydrogens (tertiary/aromatic N) is 5. The summed E-state index contributed by atoms with van der Waals surface area (Å²) in [6.07, 6.45) is 7.49. The fraction of sp³-hybridized carbons (Fsp3) is 0.267. The van der Waals surface area contributed by atoms with Gasteiger partial charge in [-0.3, -0.25) is 4.98 Å². The van der Waals surface area contributed by atoms with Crippen molar-refractivity contribution in [1.82, 2.24) is 19.6 Å². The molecule has 0 fully saturated rings. The highest BCUT2D eigenvalue weighted by Gasteiger charge is 2.05. The van der Waals surface area contributed by atoms with Crippen LogP contribution in [0.1, 0.15) is 11.3 Å². The zero-order valence-electron chi connectivity index (χ0n) is 12.4. The van der Waals surface area contributed by atoms with Crippen LogP contribution in [0.5, 0.6) is 0 Å². The molecule has 3 rings (SSSR count). The van der Waals surface area contributed by atoms with Gasteiger partial charge in [0.15, 0.2) is 5.65 Å². The van der Waals surface area contributed by atoms with Gasteiger partial charge in [-0.1, -0.05) is 0 Å². The summed E-state index contributed by atoms with van der Waals surface area (Å²) in [5.74, 6) is 0. The van der Waals surface area contributed by atoms with Crippen molar-refractivity contribution in [2.45, 2.75) is 13.5 Å². The molecule has 0 saturated heterocycles. The second-order valence-electron chi connectivity index (χ2n) is 5.19. The van der Waals surface area contributed by atoms with Crippen LogP contribution in [0.2, 0.25) is 0 Å². The topological polar surface area (TPSA) is 58.4 Å². The largest absolute Gasteiger partial charge is 0.378 e. The highest BCUT2D eigenvalue weighted by molar-refractivity contribution is 5.68. The highest BCUT2D eigenvalue weighted by atomic mass is 15.2. The molecule has 108 valence electrons. The van der Waals surface area contributed by atoms with Crippen LogP contribution in [-0.2, 0) is 6.54 Å². The molecule has 0 aliphatic carbocycles. The summed E-state index contributed by atoms with van der Waals surface area (Å²) in [7, 11) is 4.03. The third kappa shape index (κ3) is 2.79. The quantitative estimate of drug-likeness (QED) is 0.794. The molecule has 0 atom stereocenters. The van der Waals surface area contributed by atoms with Crippen LogP contribution >= 0.6 is 0 Å². The maximum Gasteiger partial charge on any atom is 0.155 e. The van der Waals surface area contributed by atoms with Gasteiger partial charge in [-0.05, 0) is 13.0 Å². The van der Waals surface area contributed by atoms with Crippen LogP contribution < -0.4 is 10.2 Å². The van der Waals surface area contributed by atoms with Crippen molar-refractivity contribution in [2.75, 3.05) is 24.3 Å². The summed E-state index contributed by atoms with van der Waals surface area (Å²) in [6, 6.07) is 3.95. The maximum absolute atomic E-state index is 4.41. The third-order valence-corrected chi connectivity index (χ3v) is 3.25. The van der Waals surface area contributed by atoms with Gasteiger partial charge in [-0.25, -0.2) is 9.50 Å². The molecule has 21 heavy (non-hydrogen) atoms. The first-order valence-electron chi connectivity index (χ1n) is 6.79. The van der Waals surface area contributed by atoms with E-state index in [1.165, 1.54) is 0 Å². The van der Waals surface area contributed by atoms with Crippen LogP contribution in [0.4, 0.5) is 11.4 Å². The fourth-order valence-corrected chi connectivity index (χ4v) is 2.24. The van der Waals surface area contributed by atoms with Crippen LogP contribution in [0.15, 0.2) is 36.9 Å². The lowest BCUT2D eigenvalue weighted by molar-refractivity contribution is 0.895. The minimum Gasteiger partial charge on any atom is -0.378 e. The predicted molar refractivity (Wildman–Crippen MR) is 83.6 cm³/mol. The monoisotopic (exact) mass is 282 g/mol. The summed E-state index contributed by atoms with van der Waals surface area (Å²) in [5.41, 5.74) is 5.01. The Morgan fingerprint density at radius 2 is 2.14 bits per heavy atom. The predicted octanol–water partition coefficient (Wildman–Crippen LogP) is 2.11. The molecule has 0 saturated carbocycles. The van der Waals surface area contributed by atoms with Crippen molar-refractivity contribution in [1.29, 1.82) is 0 Å². The first-order valence-corrected chi connectivity index (χ1v) is 6.79. The molecule has 1 N–H and O–H groups in total. The molecule has 0 unspecified atom stereocenters. The number of fused-ring (bicyclic) bond motifs is 1. The normalized spacial score (nSPS) is 10.8. The molecule has 3 aromatic rings. The molecule has 0 spiro atoms. The van der Waals surface area contributed by atoms with E-state index in [-0.39, 0.29) is 0 Å². The van der Waals surface area contributed by atoms with Gasteiger partial charge in [-0.15, -0.1) is 0 Å². The number of rotatable bonds is 4. The molecule has 3 heterocycles. The SMILES string of the molecule is Cc1cc2ncc(CNc3cnccc3N(C)C)cn2n1. The number of nitrogens with one attached hydrogen (secondary N) is 1. The number of aromatic nitrogens is 4. The Bertz CT molecular complexity index is 762. The van der Waals surface area contributed by atoms with Crippen LogP contribution in [0.25, 0.3) is 5.65 Å². The number of pyridine rings is 1. The average molecular weight is 282 g/mol. The number of hydrogen-bond donors (Lipinski definition) is 1. The lowest BCUT2D eigenvalue weighted by Gasteiger charge is -2.17. The second kappa shape index (κ2) is 5.40. The van der Waals surface area contributed by atoms with E-state index in [1.807, 2.05) is 56.3 Å². The Balaban J connectivity index is 1.80. The van der Waals surface area contributed by atoms with Crippen molar-refractivity contribution >= 4 is 17.0 Å². The molecular formula is C15H18N6. The molecule has 0 aromatic carbocycles. The van der Waals surface area contributed by atoms with Gasteiger partial charge >= 0.3 is 0 Å². The number of anilines is 2. The van der Waals surface area contributed by atoms with E-state index in [2.05, 4.69) is 25.3 Å². The Morgan fingerprint density at radius 3 is 2.95 bits per heavy atom. The Hall–Kier alpha value is -2.63. The summed E-state index contributed by atoms with van der Waals surface area (Å²) in [6.45, 7) is 2.64. The summed E-state index contributed by atoms with van der Waals surface area (Å²) >= 11 is 0. The average Bonchev–Trinajstić information content (AvgIpc) is 2.84. The zero-order chi connectivity index (χ0) is 14.8. The van der Waals surface area contributed by atoms with E-state index in [4.69, 9.17) is 0 Å². The van der Waals surface area contributed by atoms with Crippen molar-refractivity contribution < 1.29 is 0 Å². The van der Waals surface area contributed by atoms with E-state index in [9.17, 15) is 0 Å². The Labute approximate surface area is 123 Å². The highest BCUT2D eigenvalue weighted by Crippen LogP contribution is 2.22. The Kier molecular flexibility index (Phi) is 3.43. The van der Waals surface area contributed by atoms with Gasteiger partial charge in [0.2, 0.25) is 0 Å². The lowest BCUT2D eigenvalue weighted by atomic mass is 10.3. The van der Waals surface area contributed by atoms with Gasteiger partial charge in [-0.2, -0.15) is 5.10 Å². The van der Waals surface area contributed by atoms with E-state index in [0.29, 0.717) is 6.54 Å². The van der Waals surface area contributed by atoms with Gasteiger partial charge in [0, 0.05) is 50.9 Å². The first kappa shape index (κ1) is 13.4. The second-order valence-corrected chi connectivity index (χ2v) is 5.19. The summed E-state index contributed by atoms with van der Waals surface area (Å²) < 4.78 is 1.81. The molecule has 0 radical (unpaired) electrons. The van der Waals surface area contributed by atoms with E-state index in [1.54, 1.807) is 6.20 Å². The zero-order valence-corrected chi connectivity index (χ0v) is 12.4. The van der Waals surface area contributed by atoms with Gasteiger partial charge in [0.25, 0.3) is 0 Å². The molecule has 0 amide bonds. The minimum atomic E-state index is 0.675. The van der Waals surface area contributed by atoms with Gasteiger partial charge in [0.1, 0.15) is 0 Å². The van der Waals surface area contributed by atoms with Crippen molar-refractivity contribution in [3.63, 3.8) is 0 Å². The molecule has 6 heteroatoms. The first-order chi connectivity index (χ1) is 10.1. The van der Waals surface area contributed by atoms with Crippen molar-refractivity contribution in [3.8, 4) is 0 Å². The van der Waals surface area contributed by atoms with Crippen molar-refractivity contribution in [3.05, 3.63) is 48.2 Å². The van der Waals surface area contributed by atoms with Crippen LogP contribution in [0, 0.1) is 6.92 Å². The van der Waals surface area contributed by atoms with E-state index < -0.39 is 0 Å². The third-order valence-electron chi connectivity index (χ3n) is 3.25. The Morgan fingerprint density at radius 1 is 1.29 bits per heavy atom. The molecule has 0 bridgehead atoms. The van der Waals surface area contributed by atoms with E-state index >= 15 is 0 Å². The lowest BCUT2D eigenvalue weighted by Crippen LogP contribution is -2.12. The summed E-state index contributed by atoms with van der Waals surface area (Å²) in [5, 5.41) is 7.78. The maximum atomic E-state index is 4.41. The van der Waals surface area contributed by atoms with Crippen LogP contribution in [0.3, 0.4) is 0 Å². The fourth-order valence-electron chi connectivity index (χ4n) is 2.24. The molecule has 3 aromatic heterocycles. The molecule has 6 nitrogen and oxygen atoms in total. The molecular weight excluding hydrogens is 264 g/mol. The van der Waals surface area contributed by atoms with Gasteiger partial charge in [0.05, 0.1) is 23.3 Å². The van der Waals surface area contributed by atoms with E-state index in [0.717, 1.165) is 28.3 Å². The number of hydrogen-bond acceptors (Lipinski definition) is 5.